The van der Waals surface area contributed by atoms with Gasteiger partial charge < -0.3 is 15.1 Å². The average Bonchev–Trinajstić information content (AvgIpc) is 2.89. The molecule has 1 N–H and O–H groups in total. The summed E-state index contributed by atoms with van der Waals surface area (Å²) in [6.07, 6.45) is 10.1. The zero-order valence-electron chi connectivity index (χ0n) is 21.3. The highest BCUT2D eigenvalue weighted by atomic mass is 16.2. The molecule has 2 aliphatic heterocycles. The molecule has 1 fully saturated rings. The number of aromatic nitrogens is 3. The first-order valence-corrected chi connectivity index (χ1v) is 12.4. The second-order valence-corrected chi connectivity index (χ2v) is 9.79. The molecule has 5 rings (SSSR count). The van der Waals surface area contributed by atoms with Gasteiger partial charge in [0.15, 0.2) is 0 Å². The number of aryl methyl sites for hydroxylation is 1. The first-order chi connectivity index (χ1) is 17.9. The van der Waals surface area contributed by atoms with Gasteiger partial charge in [0.2, 0.25) is 5.91 Å². The third-order valence-corrected chi connectivity index (χ3v) is 6.84. The lowest BCUT2D eigenvalue weighted by Crippen LogP contribution is -2.42. The van der Waals surface area contributed by atoms with Crippen LogP contribution in [0.3, 0.4) is 0 Å². The fourth-order valence-electron chi connectivity index (χ4n) is 5.00. The van der Waals surface area contributed by atoms with Gasteiger partial charge in [0.1, 0.15) is 12.1 Å². The first kappa shape index (κ1) is 24.6. The van der Waals surface area contributed by atoms with Crippen LogP contribution in [0.15, 0.2) is 49.2 Å². The maximum atomic E-state index is 12.7. The standard InChI is InChI=1S/C28H30N7O2/c1-18-12-22(4-5-23(18)19-7-10-35(11-8-19)25(36)16-34(2)3)32-27-26-20(6-9-31-28(26)37)13-24(33-27)21-14-29-17-30-15-21/h4-6,9,12-15,17,19H,7-8,10-11,16H2,1-3H3,(H,32,33). The quantitative estimate of drug-likeness (QED) is 0.556. The number of amides is 2. The Morgan fingerprint density at radius 1 is 1.14 bits per heavy atom. The Hall–Kier alpha value is -4.11. The van der Waals surface area contributed by atoms with E-state index >= 15 is 0 Å². The Labute approximate surface area is 216 Å². The summed E-state index contributed by atoms with van der Waals surface area (Å²) < 4.78 is 0. The number of rotatable bonds is 6. The summed E-state index contributed by atoms with van der Waals surface area (Å²) in [7, 11) is 3.84. The number of piperidine rings is 1. The molecule has 37 heavy (non-hydrogen) atoms. The highest BCUT2D eigenvalue weighted by Crippen LogP contribution is 2.34. The Kier molecular flexibility index (Phi) is 6.96. The molecule has 4 heterocycles. The third-order valence-electron chi connectivity index (χ3n) is 6.84. The van der Waals surface area contributed by atoms with Crippen molar-refractivity contribution < 1.29 is 9.59 Å². The zero-order chi connectivity index (χ0) is 25.9. The number of nitrogens with zero attached hydrogens (tertiary/aromatic N) is 6. The predicted octanol–water partition coefficient (Wildman–Crippen LogP) is 3.59. The van der Waals surface area contributed by atoms with Crippen LogP contribution in [-0.2, 0) is 4.79 Å². The molecule has 189 valence electrons. The van der Waals surface area contributed by atoms with Crippen molar-refractivity contribution in [1.29, 1.82) is 0 Å². The van der Waals surface area contributed by atoms with Gasteiger partial charge in [-0.1, -0.05) is 6.07 Å². The lowest BCUT2D eigenvalue weighted by atomic mass is 9.86. The second kappa shape index (κ2) is 10.5. The maximum Gasteiger partial charge on any atom is 0.281 e. The van der Waals surface area contributed by atoms with Crippen LogP contribution in [0.5, 0.6) is 0 Å². The maximum absolute atomic E-state index is 12.7. The average molecular weight is 497 g/mol. The first-order valence-electron chi connectivity index (χ1n) is 12.4. The number of benzene rings is 1. The van der Waals surface area contributed by atoms with Gasteiger partial charge in [-0.05, 0) is 80.7 Å². The summed E-state index contributed by atoms with van der Waals surface area (Å²) in [4.78, 5) is 41.9. The van der Waals surface area contributed by atoms with E-state index in [4.69, 9.17) is 4.98 Å². The van der Waals surface area contributed by atoms with Gasteiger partial charge in [-0.2, -0.15) is 0 Å². The van der Waals surface area contributed by atoms with E-state index in [1.807, 2.05) is 36.0 Å². The van der Waals surface area contributed by atoms with Crippen LogP contribution in [0, 0.1) is 6.92 Å². The molecule has 0 aliphatic carbocycles. The van der Waals surface area contributed by atoms with E-state index in [1.165, 1.54) is 23.7 Å². The van der Waals surface area contributed by atoms with Crippen LogP contribution in [0.25, 0.3) is 17.3 Å². The molecule has 1 saturated heterocycles. The van der Waals surface area contributed by atoms with Crippen LogP contribution in [0.2, 0.25) is 0 Å². The number of likely N-dealkylation sites (tertiary alicyclic amines) is 1. The second-order valence-electron chi connectivity index (χ2n) is 9.79. The summed E-state index contributed by atoms with van der Waals surface area (Å²) in [5.74, 6) is 0.729. The largest absolute Gasteiger partial charge is 0.342 e. The summed E-state index contributed by atoms with van der Waals surface area (Å²) in [6.45, 7) is 4.11. The predicted molar refractivity (Wildman–Crippen MR) is 142 cm³/mol. The van der Waals surface area contributed by atoms with Crippen molar-refractivity contribution in [3.8, 4) is 11.3 Å². The number of hydrogen-bond donors (Lipinski definition) is 1. The molecule has 9 nitrogen and oxygen atoms in total. The molecule has 3 aromatic rings. The van der Waals surface area contributed by atoms with Crippen molar-refractivity contribution in [3.05, 3.63) is 71.4 Å². The molecule has 0 saturated carbocycles. The topological polar surface area (TPSA) is 105 Å². The van der Waals surface area contributed by atoms with E-state index in [1.54, 1.807) is 18.5 Å². The van der Waals surface area contributed by atoms with E-state index in [2.05, 4.69) is 39.7 Å². The van der Waals surface area contributed by atoms with Crippen molar-refractivity contribution in [2.45, 2.75) is 25.7 Å². The zero-order valence-corrected chi connectivity index (χ0v) is 21.3. The fourth-order valence-corrected chi connectivity index (χ4v) is 5.00. The lowest BCUT2D eigenvalue weighted by Gasteiger charge is -2.33. The van der Waals surface area contributed by atoms with E-state index in [-0.39, 0.29) is 11.8 Å². The number of likely N-dealkylation sites (N-methyl/N-ethyl adjacent to an activating group) is 1. The minimum Gasteiger partial charge on any atom is -0.342 e. The molecule has 9 heteroatoms. The van der Waals surface area contributed by atoms with E-state index in [0.29, 0.717) is 29.5 Å². The van der Waals surface area contributed by atoms with Gasteiger partial charge in [-0.15, -0.1) is 0 Å². The van der Waals surface area contributed by atoms with E-state index < -0.39 is 0 Å². The minimum absolute atomic E-state index is 0.191. The summed E-state index contributed by atoms with van der Waals surface area (Å²) >= 11 is 0. The van der Waals surface area contributed by atoms with Gasteiger partial charge in [0, 0.05) is 42.9 Å². The van der Waals surface area contributed by atoms with Crippen molar-refractivity contribution in [3.63, 3.8) is 0 Å². The van der Waals surface area contributed by atoms with Crippen LogP contribution in [0.4, 0.5) is 11.5 Å². The minimum atomic E-state index is -0.327. The molecule has 0 unspecified atom stereocenters. The van der Waals surface area contributed by atoms with Crippen molar-refractivity contribution in [2.24, 2.45) is 0 Å². The van der Waals surface area contributed by atoms with Crippen molar-refractivity contribution >= 4 is 29.4 Å². The Morgan fingerprint density at radius 2 is 1.89 bits per heavy atom. The Balaban J connectivity index is 1.36. The molecule has 2 aliphatic rings. The van der Waals surface area contributed by atoms with Crippen LogP contribution >= 0.6 is 0 Å². The normalized spacial score (nSPS) is 15.5. The molecule has 1 radical (unpaired) electrons. The van der Waals surface area contributed by atoms with E-state index in [9.17, 15) is 9.59 Å². The number of carbonyl (C=O) groups excluding carboxylic acids is 2. The number of hydrogen-bond acceptors (Lipinski definition) is 7. The molecule has 2 aromatic heterocycles. The molecule has 0 bridgehead atoms. The van der Waals surface area contributed by atoms with Crippen LogP contribution in [-0.4, -0.2) is 70.3 Å². The van der Waals surface area contributed by atoms with Gasteiger partial charge >= 0.3 is 0 Å². The van der Waals surface area contributed by atoms with E-state index in [0.717, 1.165) is 42.7 Å². The van der Waals surface area contributed by atoms with Crippen molar-refractivity contribution in [1.82, 2.24) is 30.1 Å². The molecule has 2 amide bonds. The molecular weight excluding hydrogens is 466 g/mol. The summed E-state index contributed by atoms with van der Waals surface area (Å²) in [5, 5.41) is 7.31. The van der Waals surface area contributed by atoms with Gasteiger partial charge in [0.25, 0.3) is 5.91 Å². The smallest absolute Gasteiger partial charge is 0.281 e. The molecule has 1 aromatic carbocycles. The monoisotopic (exact) mass is 496 g/mol. The SMILES string of the molecule is Cc1cc(Nc2nc(-c3cncnc3)cc3c2C(=O)[N]C=C3)ccc1C1CCN(C(=O)CN(C)C)CC1. The summed E-state index contributed by atoms with van der Waals surface area (Å²) in [6, 6.07) is 8.11. The number of pyridine rings is 1. The highest BCUT2D eigenvalue weighted by Gasteiger charge is 2.26. The number of nitrogens with one attached hydrogen (secondary N) is 1. The van der Waals surface area contributed by atoms with Gasteiger partial charge in [-0.25, -0.2) is 20.3 Å². The summed E-state index contributed by atoms with van der Waals surface area (Å²) in [5.41, 5.74) is 5.94. The fraction of sp³-hybridized carbons (Fsp3) is 0.321. The third kappa shape index (κ3) is 5.36. The highest BCUT2D eigenvalue weighted by molar-refractivity contribution is 6.05. The number of carbonyl (C=O) groups is 2. The molecular formula is C28H30N7O2. The molecule has 0 atom stereocenters. The number of fused-ring (bicyclic) bond motifs is 1. The van der Waals surface area contributed by atoms with Crippen LogP contribution in [0.1, 0.15) is 45.8 Å². The van der Waals surface area contributed by atoms with Crippen LogP contribution < -0.4 is 10.6 Å². The Bertz CT molecular complexity index is 1350. The lowest BCUT2D eigenvalue weighted by molar-refractivity contribution is -0.132. The number of anilines is 2. The molecule has 0 spiro atoms. The van der Waals surface area contributed by atoms with Crippen molar-refractivity contribution in [2.75, 3.05) is 39.0 Å². The van der Waals surface area contributed by atoms with Gasteiger partial charge in [0.05, 0.1) is 17.8 Å². The van der Waals surface area contributed by atoms with Gasteiger partial charge in [-0.3, -0.25) is 9.59 Å². The Morgan fingerprint density at radius 3 is 2.59 bits per heavy atom.